The summed E-state index contributed by atoms with van der Waals surface area (Å²) in [7, 11) is 0. The topological polar surface area (TPSA) is 69.6 Å². The Morgan fingerprint density at radius 2 is 0.974 bits per heavy atom. The minimum absolute atomic E-state index is 0.0385. The van der Waals surface area contributed by atoms with E-state index in [0.717, 1.165) is 25.7 Å². The predicted octanol–water partition coefficient (Wildman–Crippen LogP) is 9.95. The van der Waals surface area contributed by atoms with Gasteiger partial charge in [0.2, 0.25) is 5.91 Å². The number of aliphatic hydroxyl groups excluding tert-OH is 2. The quantitative estimate of drug-likeness (QED) is 0.0593. The molecule has 39 heavy (non-hydrogen) atoms. The number of carbonyl (C=O) groups excluding carboxylic acids is 1. The molecule has 0 aliphatic heterocycles. The molecule has 0 saturated carbocycles. The maximum atomic E-state index is 12.3. The largest absolute Gasteiger partial charge is 0.394 e. The lowest BCUT2D eigenvalue weighted by atomic mass is 10.0. The van der Waals surface area contributed by atoms with Gasteiger partial charge in [0.1, 0.15) is 0 Å². The van der Waals surface area contributed by atoms with Crippen molar-refractivity contribution in [1.29, 1.82) is 0 Å². The van der Waals surface area contributed by atoms with Gasteiger partial charge in [-0.25, -0.2) is 0 Å². The minimum atomic E-state index is -0.654. The van der Waals surface area contributed by atoms with Crippen LogP contribution in [0.4, 0.5) is 0 Å². The van der Waals surface area contributed by atoms with Gasteiger partial charge in [0.15, 0.2) is 0 Å². The van der Waals surface area contributed by atoms with Gasteiger partial charge in [-0.15, -0.1) is 0 Å². The molecule has 0 aliphatic carbocycles. The zero-order valence-electron chi connectivity index (χ0n) is 26.4. The van der Waals surface area contributed by atoms with E-state index >= 15 is 0 Å². The minimum Gasteiger partial charge on any atom is -0.394 e. The SMILES string of the molecule is CCCCCCCCC/C=C\CCCCCCCCCC(=O)NC(CO)C(O)CCCCCCCCCCC. The van der Waals surface area contributed by atoms with E-state index in [2.05, 4.69) is 31.3 Å². The Hall–Kier alpha value is -0.870. The van der Waals surface area contributed by atoms with E-state index < -0.39 is 12.1 Å². The highest BCUT2D eigenvalue weighted by Gasteiger charge is 2.19. The molecular weight excluding hydrogens is 482 g/mol. The van der Waals surface area contributed by atoms with E-state index in [9.17, 15) is 15.0 Å². The first-order valence-electron chi connectivity index (χ1n) is 17.4. The molecule has 0 bridgehead atoms. The number of nitrogens with one attached hydrogen (secondary N) is 1. The van der Waals surface area contributed by atoms with Crippen molar-refractivity contribution in [3.63, 3.8) is 0 Å². The maximum Gasteiger partial charge on any atom is 0.220 e. The highest BCUT2D eigenvalue weighted by molar-refractivity contribution is 5.76. The summed E-state index contributed by atoms with van der Waals surface area (Å²) in [6.07, 6.45) is 36.9. The number of carbonyl (C=O) groups is 1. The summed E-state index contributed by atoms with van der Waals surface area (Å²) in [6.45, 7) is 4.32. The average molecular weight is 552 g/mol. The van der Waals surface area contributed by atoms with Crippen LogP contribution < -0.4 is 5.32 Å². The molecule has 0 rings (SSSR count). The zero-order valence-corrected chi connectivity index (χ0v) is 26.4. The fraction of sp³-hybridized carbons (Fsp3) is 0.914. The first kappa shape index (κ1) is 38.1. The Bertz CT molecular complexity index is 522. The molecular formula is C35H69NO3. The number of allylic oxidation sites excluding steroid dienone is 2. The molecule has 2 unspecified atom stereocenters. The van der Waals surface area contributed by atoms with E-state index in [1.807, 2.05) is 0 Å². The van der Waals surface area contributed by atoms with Crippen molar-refractivity contribution in [1.82, 2.24) is 5.32 Å². The van der Waals surface area contributed by atoms with Crippen molar-refractivity contribution in [2.24, 2.45) is 0 Å². The Balaban J connectivity index is 3.54. The van der Waals surface area contributed by atoms with Crippen LogP contribution in [0.2, 0.25) is 0 Å². The van der Waals surface area contributed by atoms with Crippen LogP contribution in [0, 0.1) is 0 Å². The summed E-state index contributed by atoms with van der Waals surface area (Å²) in [6, 6.07) is -0.531. The van der Waals surface area contributed by atoms with Crippen molar-refractivity contribution in [2.75, 3.05) is 6.61 Å². The van der Waals surface area contributed by atoms with Crippen LogP contribution in [-0.2, 0) is 4.79 Å². The van der Waals surface area contributed by atoms with Crippen LogP contribution in [0.15, 0.2) is 12.2 Å². The van der Waals surface area contributed by atoms with Gasteiger partial charge in [0.25, 0.3) is 0 Å². The molecule has 2 atom stereocenters. The number of amides is 1. The summed E-state index contributed by atoms with van der Waals surface area (Å²) < 4.78 is 0. The van der Waals surface area contributed by atoms with Crippen LogP contribution in [-0.4, -0.2) is 34.9 Å². The molecule has 0 heterocycles. The third-order valence-corrected chi connectivity index (χ3v) is 8.03. The molecule has 0 aromatic rings. The van der Waals surface area contributed by atoms with Crippen LogP contribution in [0.1, 0.15) is 187 Å². The van der Waals surface area contributed by atoms with E-state index in [-0.39, 0.29) is 12.5 Å². The lowest BCUT2D eigenvalue weighted by molar-refractivity contribution is -0.123. The lowest BCUT2D eigenvalue weighted by Gasteiger charge is -2.22. The van der Waals surface area contributed by atoms with E-state index in [0.29, 0.717) is 12.8 Å². The van der Waals surface area contributed by atoms with E-state index in [1.165, 1.54) is 135 Å². The van der Waals surface area contributed by atoms with Crippen LogP contribution >= 0.6 is 0 Å². The van der Waals surface area contributed by atoms with Crippen molar-refractivity contribution in [3.05, 3.63) is 12.2 Å². The standard InChI is InChI=1S/C35H69NO3/c1-3-5-7-9-11-13-14-15-16-17-18-19-20-21-23-25-27-29-31-35(39)36-33(32-37)34(38)30-28-26-24-22-12-10-8-6-4-2/h16-17,33-34,37-38H,3-15,18-32H2,1-2H3,(H,36,39)/b17-16-. The fourth-order valence-electron chi connectivity index (χ4n) is 5.29. The molecule has 4 nitrogen and oxygen atoms in total. The van der Waals surface area contributed by atoms with Crippen molar-refractivity contribution in [2.45, 2.75) is 199 Å². The van der Waals surface area contributed by atoms with E-state index in [4.69, 9.17) is 0 Å². The summed E-state index contributed by atoms with van der Waals surface area (Å²) in [4.78, 5) is 12.3. The van der Waals surface area contributed by atoms with Gasteiger partial charge in [0.05, 0.1) is 18.8 Å². The summed E-state index contributed by atoms with van der Waals surface area (Å²) in [5, 5.41) is 22.9. The number of unbranched alkanes of at least 4 members (excludes halogenated alkanes) is 22. The highest BCUT2D eigenvalue weighted by atomic mass is 16.3. The Morgan fingerprint density at radius 1 is 0.590 bits per heavy atom. The van der Waals surface area contributed by atoms with Gasteiger partial charge in [-0.3, -0.25) is 4.79 Å². The zero-order chi connectivity index (χ0) is 28.7. The molecule has 3 N–H and O–H groups in total. The van der Waals surface area contributed by atoms with Gasteiger partial charge in [-0.2, -0.15) is 0 Å². The third-order valence-electron chi connectivity index (χ3n) is 8.03. The predicted molar refractivity (Wildman–Crippen MR) is 170 cm³/mol. The Labute approximate surface area is 244 Å². The number of hydrogen-bond acceptors (Lipinski definition) is 3. The second-order valence-electron chi connectivity index (χ2n) is 11.9. The number of aliphatic hydroxyl groups is 2. The third kappa shape index (κ3) is 28.5. The fourth-order valence-corrected chi connectivity index (χ4v) is 5.29. The summed E-state index contributed by atoms with van der Waals surface area (Å²) in [5.41, 5.74) is 0. The first-order chi connectivity index (χ1) is 19.2. The highest BCUT2D eigenvalue weighted by Crippen LogP contribution is 2.14. The van der Waals surface area contributed by atoms with Crippen molar-refractivity contribution in [3.8, 4) is 0 Å². The number of hydrogen-bond donors (Lipinski definition) is 3. The van der Waals surface area contributed by atoms with Crippen LogP contribution in [0.25, 0.3) is 0 Å². The maximum absolute atomic E-state index is 12.3. The van der Waals surface area contributed by atoms with Crippen molar-refractivity contribution < 1.29 is 15.0 Å². The van der Waals surface area contributed by atoms with Crippen molar-refractivity contribution >= 4 is 5.91 Å². The normalized spacial score (nSPS) is 13.2. The first-order valence-corrected chi connectivity index (χ1v) is 17.4. The van der Waals surface area contributed by atoms with Gasteiger partial charge < -0.3 is 15.5 Å². The number of rotatable bonds is 31. The molecule has 0 aromatic heterocycles. The molecule has 0 fully saturated rings. The monoisotopic (exact) mass is 552 g/mol. The molecule has 0 radical (unpaired) electrons. The molecule has 1 amide bonds. The lowest BCUT2D eigenvalue weighted by Crippen LogP contribution is -2.45. The molecule has 0 spiro atoms. The van der Waals surface area contributed by atoms with E-state index in [1.54, 1.807) is 0 Å². The summed E-state index contributed by atoms with van der Waals surface area (Å²) >= 11 is 0. The van der Waals surface area contributed by atoms with Gasteiger partial charge >= 0.3 is 0 Å². The molecule has 232 valence electrons. The average Bonchev–Trinajstić information content (AvgIpc) is 2.94. The molecule has 0 saturated heterocycles. The summed E-state index contributed by atoms with van der Waals surface area (Å²) in [5.74, 6) is -0.0385. The van der Waals surface area contributed by atoms with Gasteiger partial charge in [0, 0.05) is 6.42 Å². The second-order valence-corrected chi connectivity index (χ2v) is 11.9. The van der Waals surface area contributed by atoms with Crippen LogP contribution in [0.5, 0.6) is 0 Å². The smallest absolute Gasteiger partial charge is 0.220 e. The molecule has 0 aromatic carbocycles. The second kappa shape index (κ2) is 31.7. The van der Waals surface area contributed by atoms with Crippen LogP contribution in [0.3, 0.4) is 0 Å². The Morgan fingerprint density at radius 3 is 1.41 bits per heavy atom. The van der Waals surface area contributed by atoms with Gasteiger partial charge in [-0.1, -0.05) is 154 Å². The molecule has 4 heteroatoms. The molecule has 0 aliphatic rings. The Kier molecular flexibility index (Phi) is 30.9. The van der Waals surface area contributed by atoms with Gasteiger partial charge in [-0.05, 0) is 38.5 Å².